The Kier molecular flexibility index (Phi) is 4.81. The summed E-state index contributed by atoms with van der Waals surface area (Å²) < 4.78 is 16.9. The first-order chi connectivity index (χ1) is 16.1. The molecule has 1 fully saturated rings. The molecule has 3 aliphatic rings. The number of benzene rings is 1. The van der Waals surface area contributed by atoms with E-state index in [2.05, 4.69) is 15.2 Å². The lowest BCUT2D eigenvalue weighted by atomic mass is 10.0. The van der Waals surface area contributed by atoms with Crippen LogP contribution in [0.15, 0.2) is 23.0 Å². The van der Waals surface area contributed by atoms with Crippen molar-refractivity contribution in [2.75, 3.05) is 43.1 Å². The van der Waals surface area contributed by atoms with E-state index < -0.39 is 0 Å². The van der Waals surface area contributed by atoms with Crippen LogP contribution in [0.2, 0.25) is 0 Å². The molecule has 9 nitrogen and oxygen atoms in total. The summed E-state index contributed by atoms with van der Waals surface area (Å²) in [7, 11) is 0. The molecule has 2 N–H and O–H groups in total. The molecule has 0 atom stereocenters. The van der Waals surface area contributed by atoms with Crippen LogP contribution in [0.4, 0.5) is 11.5 Å². The maximum atomic E-state index is 13.6. The highest BCUT2D eigenvalue weighted by Crippen LogP contribution is 2.39. The van der Waals surface area contributed by atoms with Gasteiger partial charge in [-0.1, -0.05) is 0 Å². The molecule has 0 spiro atoms. The van der Waals surface area contributed by atoms with E-state index in [0.29, 0.717) is 80.9 Å². The number of hydrogen-bond donors (Lipinski definition) is 2. The minimum Gasteiger partial charge on any atom is -0.491 e. The fraction of sp³-hybridized carbons (Fsp3) is 0.375. The normalized spacial score (nSPS) is 17.1. The number of ether oxygens (including phenoxy) is 3. The summed E-state index contributed by atoms with van der Waals surface area (Å²) in [5.41, 5.74) is 5.26. The van der Waals surface area contributed by atoms with Gasteiger partial charge in [0.2, 0.25) is 5.56 Å². The SMILES string of the molecule is Cc1cc(=O)[nH]c2c3c(c(NC(=O)c4cc5c(nc4N4CCOCC4)COC5)cc12)CCO3. The number of aromatic nitrogens is 2. The zero-order valence-electron chi connectivity index (χ0n) is 18.3. The highest BCUT2D eigenvalue weighted by atomic mass is 16.5. The summed E-state index contributed by atoms with van der Waals surface area (Å²) in [6.07, 6.45) is 0.656. The second-order valence-corrected chi connectivity index (χ2v) is 8.58. The smallest absolute Gasteiger partial charge is 0.259 e. The molecule has 0 unspecified atom stereocenters. The molecule has 6 rings (SSSR count). The molecule has 1 aromatic carbocycles. The maximum Gasteiger partial charge on any atom is 0.259 e. The van der Waals surface area contributed by atoms with Gasteiger partial charge in [-0.05, 0) is 24.6 Å². The first-order valence-corrected chi connectivity index (χ1v) is 11.2. The second kappa shape index (κ2) is 7.86. The Morgan fingerprint density at radius 3 is 2.82 bits per heavy atom. The fourth-order valence-corrected chi connectivity index (χ4v) is 4.80. The predicted octanol–water partition coefficient (Wildman–Crippen LogP) is 2.29. The molecule has 2 aromatic heterocycles. The number of rotatable bonds is 3. The number of fused-ring (bicyclic) bond motifs is 4. The molecule has 0 radical (unpaired) electrons. The van der Waals surface area contributed by atoms with E-state index >= 15 is 0 Å². The molecule has 170 valence electrons. The molecule has 0 saturated carbocycles. The predicted molar refractivity (Wildman–Crippen MR) is 122 cm³/mol. The monoisotopic (exact) mass is 448 g/mol. The summed E-state index contributed by atoms with van der Waals surface area (Å²) in [6.45, 7) is 5.86. The number of pyridine rings is 2. The first kappa shape index (κ1) is 20.2. The molecule has 0 aliphatic carbocycles. The van der Waals surface area contributed by atoms with E-state index in [1.807, 2.05) is 19.1 Å². The Morgan fingerprint density at radius 1 is 1.12 bits per heavy atom. The number of anilines is 2. The number of aryl methyl sites for hydroxylation is 1. The number of hydrogen-bond acceptors (Lipinski definition) is 7. The van der Waals surface area contributed by atoms with Gasteiger partial charge in [0.05, 0.1) is 49.8 Å². The maximum absolute atomic E-state index is 13.6. The van der Waals surface area contributed by atoms with E-state index in [1.54, 1.807) is 6.07 Å². The number of carbonyl (C=O) groups is 1. The van der Waals surface area contributed by atoms with Crippen LogP contribution in [-0.4, -0.2) is 48.8 Å². The topological polar surface area (TPSA) is 106 Å². The second-order valence-electron chi connectivity index (χ2n) is 8.58. The summed E-state index contributed by atoms with van der Waals surface area (Å²) in [5, 5.41) is 3.96. The van der Waals surface area contributed by atoms with Gasteiger partial charge in [-0.25, -0.2) is 4.98 Å². The third-order valence-electron chi connectivity index (χ3n) is 6.47. The van der Waals surface area contributed by atoms with Crippen LogP contribution in [-0.2, 0) is 29.1 Å². The Labute approximate surface area is 189 Å². The minimum atomic E-state index is -0.228. The van der Waals surface area contributed by atoms with Crippen molar-refractivity contribution in [3.63, 3.8) is 0 Å². The van der Waals surface area contributed by atoms with Crippen molar-refractivity contribution in [3.8, 4) is 5.75 Å². The molecule has 33 heavy (non-hydrogen) atoms. The van der Waals surface area contributed by atoms with Crippen LogP contribution in [0, 0.1) is 6.92 Å². The van der Waals surface area contributed by atoms with E-state index in [4.69, 9.17) is 19.2 Å². The number of carbonyl (C=O) groups excluding carboxylic acids is 1. The van der Waals surface area contributed by atoms with Crippen molar-refractivity contribution in [1.29, 1.82) is 0 Å². The Hall–Kier alpha value is -3.43. The molecular formula is C24H24N4O5. The first-order valence-electron chi connectivity index (χ1n) is 11.2. The van der Waals surface area contributed by atoms with Crippen LogP contribution < -0.4 is 20.5 Å². The highest BCUT2D eigenvalue weighted by molar-refractivity contribution is 6.09. The largest absolute Gasteiger partial charge is 0.491 e. The average Bonchev–Trinajstić information content (AvgIpc) is 3.49. The van der Waals surface area contributed by atoms with Gasteiger partial charge in [0, 0.05) is 47.8 Å². The number of nitrogens with zero attached hydrogens (tertiary/aromatic N) is 2. The number of aromatic amines is 1. The van der Waals surface area contributed by atoms with Crippen molar-refractivity contribution in [1.82, 2.24) is 9.97 Å². The van der Waals surface area contributed by atoms with E-state index in [9.17, 15) is 9.59 Å². The van der Waals surface area contributed by atoms with Crippen LogP contribution in [0.1, 0.15) is 32.7 Å². The van der Waals surface area contributed by atoms with Gasteiger partial charge in [0.25, 0.3) is 5.91 Å². The number of nitrogens with one attached hydrogen (secondary N) is 2. The van der Waals surface area contributed by atoms with Crippen molar-refractivity contribution in [2.24, 2.45) is 0 Å². The standard InChI is InChI=1S/C24H24N4O5/c1-13-8-20(29)27-21-16(13)10-18(15-2-5-33-22(15)21)26-24(30)17-9-14-11-32-12-19(14)25-23(17)28-3-6-31-7-4-28/h8-10H,2-7,11-12H2,1H3,(H,26,30)(H,27,29). The number of morpholine rings is 1. The van der Waals surface area contributed by atoms with E-state index in [1.165, 1.54) is 0 Å². The number of H-pyrrole nitrogens is 1. The van der Waals surface area contributed by atoms with Gasteiger partial charge in [0.15, 0.2) is 0 Å². The van der Waals surface area contributed by atoms with Gasteiger partial charge < -0.3 is 29.4 Å². The Morgan fingerprint density at radius 2 is 1.97 bits per heavy atom. The van der Waals surface area contributed by atoms with Crippen molar-refractivity contribution >= 4 is 28.3 Å². The highest BCUT2D eigenvalue weighted by Gasteiger charge is 2.27. The van der Waals surface area contributed by atoms with Crippen LogP contribution in [0.25, 0.3) is 10.9 Å². The fourth-order valence-electron chi connectivity index (χ4n) is 4.80. The van der Waals surface area contributed by atoms with Gasteiger partial charge >= 0.3 is 0 Å². The minimum absolute atomic E-state index is 0.170. The van der Waals surface area contributed by atoms with Crippen LogP contribution >= 0.6 is 0 Å². The molecule has 0 bridgehead atoms. The lowest BCUT2D eigenvalue weighted by Crippen LogP contribution is -2.38. The molecule has 3 aliphatic heterocycles. The van der Waals surface area contributed by atoms with Crippen LogP contribution in [0.5, 0.6) is 5.75 Å². The quantitative estimate of drug-likeness (QED) is 0.633. The molecule has 1 saturated heterocycles. The van der Waals surface area contributed by atoms with Crippen molar-refractivity contribution in [2.45, 2.75) is 26.6 Å². The van der Waals surface area contributed by atoms with Gasteiger partial charge in [-0.15, -0.1) is 0 Å². The Bertz CT molecular complexity index is 1340. The van der Waals surface area contributed by atoms with Gasteiger partial charge in [-0.3, -0.25) is 9.59 Å². The molecule has 1 amide bonds. The summed E-state index contributed by atoms with van der Waals surface area (Å²) in [4.78, 5) is 35.4. The zero-order valence-corrected chi connectivity index (χ0v) is 18.3. The molecule has 9 heteroatoms. The average molecular weight is 448 g/mol. The molecule has 3 aromatic rings. The third-order valence-corrected chi connectivity index (χ3v) is 6.47. The lowest BCUT2D eigenvalue weighted by molar-refractivity contribution is 0.102. The van der Waals surface area contributed by atoms with E-state index in [0.717, 1.165) is 27.8 Å². The molecular weight excluding hydrogens is 424 g/mol. The summed E-state index contributed by atoms with van der Waals surface area (Å²) >= 11 is 0. The van der Waals surface area contributed by atoms with Crippen LogP contribution in [0.3, 0.4) is 0 Å². The molecule has 5 heterocycles. The lowest BCUT2D eigenvalue weighted by Gasteiger charge is -2.29. The van der Waals surface area contributed by atoms with Crippen molar-refractivity contribution in [3.05, 3.63) is 56.5 Å². The Balaban J connectivity index is 1.43. The summed E-state index contributed by atoms with van der Waals surface area (Å²) in [5.74, 6) is 1.07. The number of amides is 1. The third kappa shape index (κ3) is 3.44. The summed E-state index contributed by atoms with van der Waals surface area (Å²) in [6, 6.07) is 5.37. The van der Waals surface area contributed by atoms with Crippen molar-refractivity contribution < 1.29 is 19.0 Å². The van der Waals surface area contributed by atoms with Gasteiger partial charge in [-0.2, -0.15) is 0 Å². The van der Waals surface area contributed by atoms with Gasteiger partial charge in [0.1, 0.15) is 11.6 Å². The van der Waals surface area contributed by atoms with E-state index in [-0.39, 0.29) is 11.5 Å². The zero-order chi connectivity index (χ0) is 22.5.